The number of hydrogen-bond acceptors (Lipinski definition) is 4. The molecule has 2 N–H and O–H groups in total. The quantitative estimate of drug-likeness (QED) is 0.465. The minimum atomic E-state index is -1.04. The van der Waals surface area contributed by atoms with Crippen molar-refractivity contribution >= 4 is 12.6 Å². The highest BCUT2D eigenvalue weighted by atomic mass is 19.2. The fourth-order valence-electron chi connectivity index (χ4n) is 5.08. The van der Waals surface area contributed by atoms with Crippen molar-refractivity contribution in [3.05, 3.63) is 70.5 Å². The van der Waals surface area contributed by atoms with Crippen LogP contribution in [0.5, 0.6) is 0 Å². The first-order chi connectivity index (χ1) is 15.9. The van der Waals surface area contributed by atoms with Gasteiger partial charge in [0, 0.05) is 31.5 Å². The third kappa shape index (κ3) is 5.12. The Labute approximate surface area is 191 Å². The second kappa shape index (κ2) is 10.1. The summed E-state index contributed by atoms with van der Waals surface area (Å²) in [7, 11) is 0. The number of aryl methyl sites for hydroxylation is 1. The minimum Gasteiger partial charge on any atom is -0.374 e. The lowest BCUT2D eigenvalue weighted by Crippen LogP contribution is -2.43. The first kappa shape index (κ1) is 23.4. The summed E-state index contributed by atoms with van der Waals surface area (Å²) in [5.41, 5.74) is 1.89. The second-order valence-corrected chi connectivity index (χ2v) is 8.81. The van der Waals surface area contributed by atoms with Gasteiger partial charge in [0.25, 0.3) is 0 Å². The molecule has 2 aromatic rings. The van der Waals surface area contributed by atoms with Crippen LogP contribution in [0.25, 0.3) is 0 Å². The Morgan fingerprint density at radius 1 is 1.21 bits per heavy atom. The van der Waals surface area contributed by atoms with Gasteiger partial charge in [-0.1, -0.05) is 12.1 Å². The summed E-state index contributed by atoms with van der Waals surface area (Å²) in [4.78, 5) is 19.1. The lowest BCUT2D eigenvalue weighted by molar-refractivity contribution is -0.132. The predicted molar refractivity (Wildman–Crippen MR) is 119 cm³/mol. The zero-order chi connectivity index (χ0) is 23.5. The summed E-state index contributed by atoms with van der Waals surface area (Å²) >= 11 is 0. The van der Waals surface area contributed by atoms with Crippen LogP contribution in [0.2, 0.25) is 0 Å². The number of benzene rings is 2. The molecule has 0 spiro atoms. The highest BCUT2D eigenvalue weighted by molar-refractivity contribution is 5.78. The topological polar surface area (TPSA) is 64.9 Å². The van der Waals surface area contributed by atoms with Crippen LogP contribution in [0.4, 0.5) is 13.2 Å². The molecule has 2 aromatic carbocycles. The zero-order valence-corrected chi connectivity index (χ0v) is 18.3. The van der Waals surface area contributed by atoms with E-state index >= 15 is 0 Å². The monoisotopic (exact) mass is 459 g/mol. The number of aliphatic hydroxyl groups is 1. The van der Waals surface area contributed by atoms with Gasteiger partial charge in [-0.05, 0) is 73.4 Å². The van der Waals surface area contributed by atoms with E-state index < -0.39 is 29.7 Å². The molecule has 1 fully saturated rings. The molecule has 1 saturated heterocycles. The Morgan fingerprint density at radius 3 is 2.76 bits per heavy atom. The number of aliphatic imine (C=N–C) groups is 1. The van der Waals surface area contributed by atoms with Gasteiger partial charge in [-0.3, -0.25) is 15.1 Å². The molecule has 1 heterocycles. The van der Waals surface area contributed by atoms with E-state index in [1.807, 2.05) is 0 Å². The number of fused-ring (bicyclic) bond motifs is 1. The molecule has 4 unspecified atom stereocenters. The fraction of sp³-hybridized carbons (Fsp3) is 0.440. The number of rotatable bonds is 8. The Bertz CT molecular complexity index is 1030. The second-order valence-electron chi connectivity index (χ2n) is 8.81. The number of carbonyl (C=O) groups excluding carboxylic acids is 1. The minimum absolute atomic E-state index is 0.0759. The van der Waals surface area contributed by atoms with Crippen molar-refractivity contribution in [3.63, 3.8) is 0 Å². The van der Waals surface area contributed by atoms with Crippen LogP contribution >= 0.6 is 0 Å². The zero-order valence-electron chi connectivity index (χ0n) is 18.3. The van der Waals surface area contributed by atoms with E-state index in [-0.39, 0.29) is 24.3 Å². The van der Waals surface area contributed by atoms with E-state index in [2.05, 4.69) is 17.0 Å². The maximum atomic E-state index is 13.8. The maximum absolute atomic E-state index is 13.8. The average Bonchev–Trinajstić information content (AvgIpc) is 3.43. The molecule has 33 heavy (non-hydrogen) atoms. The molecule has 1 aliphatic heterocycles. The van der Waals surface area contributed by atoms with Gasteiger partial charge in [0.1, 0.15) is 12.0 Å². The van der Waals surface area contributed by atoms with Crippen molar-refractivity contribution in [2.75, 3.05) is 13.1 Å². The first-order valence-electron chi connectivity index (χ1n) is 11.3. The van der Waals surface area contributed by atoms with Crippen LogP contribution < -0.4 is 5.32 Å². The van der Waals surface area contributed by atoms with Crippen LogP contribution in [0.15, 0.2) is 41.4 Å². The molecule has 2 aliphatic rings. The Balaban J connectivity index is 1.38. The molecule has 1 amide bonds. The molecule has 5 nitrogen and oxygen atoms in total. The summed E-state index contributed by atoms with van der Waals surface area (Å²) in [6.07, 6.45) is 2.02. The molecule has 8 heteroatoms. The van der Waals surface area contributed by atoms with Gasteiger partial charge in [0.2, 0.25) is 5.91 Å². The van der Waals surface area contributed by atoms with E-state index in [9.17, 15) is 23.1 Å². The standard InChI is InChI=1S/C25H28F3N3O2/c1-29-23(19-8-7-15-11-21(27)22(28)12-20(15)19)13-24(32)31-9-3-6-18(31)14-30-25(33)16-4-2-5-17(26)10-16/h2,4-5,10-12,18-19,23,25,30,33H,1,3,6-9,13-14H2. The fourth-order valence-corrected chi connectivity index (χ4v) is 5.08. The maximum Gasteiger partial charge on any atom is 0.225 e. The average molecular weight is 460 g/mol. The van der Waals surface area contributed by atoms with Crippen molar-refractivity contribution in [2.45, 2.75) is 56.3 Å². The van der Waals surface area contributed by atoms with Crippen LogP contribution in [-0.4, -0.2) is 47.8 Å². The van der Waals surface area contributed by atoms with Crippen molar-refractivity contribution < 1.29 is 23.1 Å². The molecular weight excluding hydrogens is 431 g/mol. The number of hydrogen-bond donors (Lipinski definition) is 2. The van der Waals surface area contributed by atoms with Crippen molar-refractivity contribution in [1.82, 2.24) is 10.2 Å². The summed E-state index contributed by atoms with van der Waals surface area (Å²) in [5.74, 6) is -2.43. The highest BCUT2D eigenvalue weighted by Crippen LogP contribution is 2.39. The number of likely N-dealkylation sites (tertiary alicyclic amines) is 1. The van der Waals surface area contributed by atoms with Crippen molar-refractivity contribution in [2.24, 2.45) is 4.99 Å². The normalized spacial score (nSPS) is 21.6. The number of aliphatic hydroxyl groups excluding tert-OH is 1. The lowest BCUT2D eigenvalue weighted by atomic mass is 9.91. The molecule has 0 saturated carbocycles. The van der Waals surface area contributed by atoms with Crippen molar-refractivity contribution in [3.8, 4) is 0 Å². The largest absolute Gasteiger partial charge is 0.374 e. The summed E-state index contributed by atoms with van der Waals surface area (Å²) in [6, 6.07) is 7.68. The third-order valence-corrected chi connectivity index (χ3v) is 6.80. The molecular formula is C25H28F3N3O2. The van der Waals surface area contributed by atoms with Gasteiger partial charge in [0.05, 0.1) is 6.04 Å². The van der Waals surface area contributed by atoms with Crippen LogP contribution in [0.1, 0.15) is 54.5 Å². The van der Waals surface area contributed by atoms with E-state index in [0.29, 0.717) is 37.1 Å². The molecule has 0 aromatic heterocycles. The van der Waals surface area contributed by atoms with Gasteiger partial charge in [-0.25, -0.2) is 13.2 Å². The molecule has 4 atom stereocenters. The highest BCUT2D eigenvalue weighted by Gasteiger charge is 2.35. The van der Waals surface area contributed by atoms with Gasteiger partial charge < -0.3 is 10.0 Å². The molecule has 0 radical (unpaired) electrons. The summed E-state index contributed by atoms with van der Waals surface area (Å²) in [5, 5.41) is 13.3. The first-order valence-corrected chi connectivity index (χ1v) is 11.3. The molecule has 1 aliphatic carbocycles. The number of nitrogens with zero attached hydrogens (tertiary/aromatic N) is 2. The number of amides is 1. The van der Waals surface area contributed by atoms with E-state index in [4.69, 9.17) is 0 Å². The van der Waals surface area contributed by atoms with Gasteiger partial charge in [-0.2, -0.15) is 0 Å². The smallest absolute Gasteiger partial charge is 0.225 e. The van der Waals surface area contributed by atoms with Gasteiger partial charge in [-0.15, -0.1) is 0 Å². The lowest BCUT2D eigenvalue weighted by Gasteiger charge is -2.28. The van der Waals surface area contributed by atoms with Gasteiger partial charge in [0.15, 0.2) is 11.6 Å². The SMILES string of the molecule is C=NC(CC(=O)N1CCCC1CNC(O)c1cccc(F)c1)C1CCc2cc(F)c(F)cc21. The Kier molecular flexibility index (Phi) is 7.14. The molecule has 0 bridgehead atoms. The number of carbonyl (C=O) groups is 1. The van der Waals surface area contributed by atoms with Gasteiger partial charge >= 0.3 is 0 Å². The third-order valence-electron chi connectivity index (χ3n) is 6.80. The summed E-state index contributed by atoms with van der Waals surface area (Å²) < 4.78 is 40.8. The van der Waals surface area contributed by atoms with Crippen LogP contribution in [0, 0.1) is 17.5 Å². The Morgan fingerprint density at radius 2 is 2.00 bits per heavy atom. The van der Waals surface area contributed by atoms with Crippen LogP contribution in [0.3, 0.4) is 0 Å². The molecule has 176 valence electrons. The van der Waals surface area contributed by atoms with Crippen LogP contribution in [-0.2, 0) is 11.2 Å². The number of halogens is 3. The summed E-state index contributed by atoms with van der Waals surface area (Å²) in [6.45, 7) is 4.62. The van der Waals surface area contributed by atoms with Crippen molar-refractivity contribution in [1.29, 1.82) is 0 Å². The van der Waals surface area contributed by atoms with E-state index in [0.717, 1.165) is 18.4 Å². The number of nitrogens with one attached hydrogen (secondary N) is 1. The molecule has 4 rings (SSSR count). The Hall–Kier alpha value is -2.71. The predicted octanol–water partition coefficient (Wildman–Crippen LogP) is 3.86. The van der Waals surface area contributed by atoms with E-state index in [1.54, 1.807) is 11.0 Å². The van der Waals surface area contributed by atoms with E-state index in [1.165, 1.54) is 30.3 Å².